The molecule has 1 saturated carbocycles. The zero-order chi connectivity index (χ0) is 24.8. The highest BCUT2D eigenvalue weighted by Crippen LogP contribution is 2.47. The largest absolute Gasteiger partial charge is 0.598 e. The highest BCUT2D eigenvalue weighted by Gasteiger charge is 2.48. The second-order valence-electron chi connectivity index (χ2n) is 10.7. The summed E-state index contributed by atoms with van der Waals surface area (Å²) >= 11 is 0.372. The van der Waals surface area contributed by atoms with Gasteiger partial charge < -0.3 is 9.45 Å². The molecule has 1 aliphatic carbocycles. The highest BCUT2D eigenvalue weighted by atomic mass is 32.2. The molecule has 2 aliphatic rings. The standard InChI is InChI=1S/C25H34N6O2S2/c1-24(2,3)35(33)28-21-6-5-9-25(21)10-14-30(15-11-25)23-26-17-20(22(32)29(23)4)34-19-8-13-31-18(16-19)7-12-27-31/h7-8,12-13,16-17,21,28H,5-6,9-11,14-15H2,1-4H3/t21-,35-/m1/s1. The number of fused-ring (bicyclic) bond motifs is 1. The van der Waals surface area contributed by atoms with Crippen LogP contribution in [0.5, 0.6) is 0 Å². The van der Waals surface area contributed by atoms with Crippen molar-refractivity contribution in [3.63, 3.8) is 0 Å². The van der Waals surface area contributed by atoms with Gasteiger partial charge in [-0.2, -0.15) is 5.10 Å². The number of aromatic nitrogens is 4. The van der Waals surface area contributed by atoms with E-state index in [0.717, 1.165) is 48.7 Å². The number of nitrogens with zero attached hydrogens (tertiary/aromatic N) is 5. The van der Waals surface area contributed by atoms with Gasteiger partial charge in [0.05, 0.1) is 22.7 Å². The third kappa shape index (κ3) is 4.85. The van der Waals surface area contributed by atoms with Gasteiger partial charge in [0.25, 0.3) is 5.56 Å². The third-order valence-electron chi connectivity index (χ3n) is 7.47. The van der Waals surface area contributed by atoms with Gasteiger partial charge in [-0.05, 0) is 70.1 Å². The molecule has 188 valence electrons. The summed E-state index contributed by atoms with van der Waals surface area (Å²) in [5.74, 6) is 0.723. The van der Waals surface area contributed by atoms with Crippen LogP contribution in [0, 0.1) is 5.41 Å². The summed E-state index contributed by atoms with van der Waals surface area (Å²) in [6.45, 7) is 7.76. The number of rotatable bonds is 5. The fraction of sp³-hybridized carbons (Fsp3) is 0.560. The Kier molecular flexibility index (Phi) is 6.67. The minimum absolute atomic E-state index is 0.0327. The van der Waals surface area contributed by atoms with Gasteiger partial charge in [-0.1, -0.05) is 18.2 Å². The van der Waals surface area contributed by atoms with Gasteiger partial charge in [0.15, 0.2) is 0 Å². The average Bonchev–Trinajstić information content (AvgIpc) is 3.44. The Hall–Kier alpha value is -2.01. The average molecular weight is 515 g/mol. The molecular weight excluding hydrogens is 480 g/mol. The fourth-order valence-electron chi connectivity index (χ4n) is 5.35. The third-order valence-corrected chi connectivity index (χ3v) is 10.1. The molecule has 0 amide bonds. The number of nitrogens with one attached hydrogen (secondary N) is 1. The lowest BCUT2D eigenvalue weighted by molar-refractivity contribution is 0.185. The van der Waals surface area contributed by atoms with Crippen LogP contribution in [0.2, 0.25) is 0 Å². The van der Waals surface area contributed by atoms with Gasteiger partial charge in [0.2, 0.25) is 5.95 Å². The molecule has 1 N–H and O–H groups in total. The molecule has 1 spiro atoms. The molecule has 2 atom stereocenters. The van der Waals surface area contributed by atoms with Crippen molar-refractivity contribution in [3.05, 3.63) is 47.1 Å². The van der Waals surface area contributed by atoms with E-state index in [2.05, 4.69) is 14.7 Å². The molecule has 0 aromatic carbocycles. The Labute approximate surface area is 213 Å². The molecule has 1 aliphatic heterocycles. The predicted molar refractivity (Wildman–Crippen MR) is 141 cm³/mol. The van der Waals surface area contributed by atoms with Crippen LogP contribution in [-0.2, 0) is 18.4 Å². The SMILES string of the molecule is Cn1c(N2CCC3(CCC[C@H]3N[S@+]([O-])C(C)(C)C)CC2)ncc(Sc2ccn3nccc3c2)c1=O. The Bertz CT molecular complexity index is 1260. The summed E-state index contributed by atoms with van der Waals surface area (Å²) in [6.07, 6.45) is 10.8. The van der Waals surface area contributed by atoms with E-state index in [1.54, 1.807) is 21.5 Å². The molecule has 10 heteroatoms. The van der Waals surface area contributed by atoms with Crippen LogP contribution >= 0.6 is 11.8 Å². The van der Waals surface area contributed by atoms with E-state index in [1.807, 2.05) is 52.2 Å². The molecule has 3 aromatic heterocycles. The summed E-state index contributed by atoms with van der Waals surface area (Å²) in [6, 6.07) is 6.21. The topological polar surface area (TPSA) is 90.5 Å². The van der Waals surface area contributed by atoms with Crippen molar-refractivity contribution in [1.82, 2.24) is 23.9 Å². The lowest BCUT2D eigenvalue weighted by atomic mass is 9.74. The van der Waals surface area contributed by atoms with Gasteiger partial charge in [-0.25, -0.2) is 9.50 Å². The van der Waals surface area contributed by atoms with E-state index in [0.29, 0.717) is 4.90 Å². The Morgan fingerprint density at radius 2 is 2.00 bits per heavy atom. The zero-order valence-corrected chi connectivity index (χ0v) is 22.5. The van der Waals surface area contributed by atoms with Crippen LogP contribution in [0.4, 0.5) is 5.95 Å². The summed E-state index contributed by atoms with van der Waals surface area (Å²) in [5.41, 5.74) is 1.14. The quantitative estimate of drug-likeness (QED) is 0.518. The molecule has 35 heavy (non-hydrogen) atoms. The van der Waals surface area contributed by atoms with Gasteiger partial charge in [0.1, 0.15) is 4.75 Å². The molecule has 2 fully saturated rings. The van der Waals surface area contributed by atoms with Crippen molar-refractivity contribution in [1.29, 1.82) is 0 Å². The van der Waals surface area contributed by atoms with Crippen LogP contribution in [0.1, 0.15) is 52.9 Å². The number of piperidine rings is 1. The van der Waals surface area contributed by atoms with Crippen molar-refractivity contribution in [3.8, 4) is 0 Å². The zero-order valence-electron chi connectivity index (χ0n) is 20.9. The van der Waals surface area contributed by atoms with Gasteiger partial charge in [0, 0.05) is 48.8 Å². The number of hydrogen-bond donors (Lipinski definition) is 1. The molecule has 3 aromatic rings. The molecule has 0 unspecified atom stereocenters. The molecular formula is C25H34N6O2S2. The molecule has 0 radical (unpaired) electrons. The second kappa shape index (κ2) is 9.46. The molecule has 8 nitrogen and oxygen atoms in total. The van der Waals surface area contributed by atoms with Gasteiger partial charge in [-0.15, -0.1) is 4.72 Å². The maximum absolute atomic E-state index is 13.2. The summed E-state index contributed by atoms with van der Waals surface area (Å²) in [7, 11) is 1.81. The molecule has 0 bridgehead atoms. The first-order chi connectivity index (χ1) is 16.7. The maximum Gasteiger partial charge on any atom is 0.268 e. The van der Waals surface area contributed by atoms with Gasteiger partial charge >= 0.3 is 0 Å². The smallest absolute Gasteiger partial charge is 0.268 e. The molecule has 5 rings (SSSR count). The minimum Gasteiger partial charge on any atom is -0.598 e. The number of hydrogen-bond acceptors (Lipinski definition) is 7. The Balaban J connectivity index is 1.28. The van der Waals surface area contributed by atoms with E-state index in [4.69, 9.17) is 4.98 Å². The monoisotopic (exact) mass is 514 g/mol. The van der Waals surface area contributed by atoms with Crippen LogP contribution in [0.15, 0.2) is 51.4 Å². The van der Waals surface area contributed by atoms with Gasteiger partial charge in [-0.3, -0.25) is 9.36 Å². The Morgan fingerprint density at radius 3 is 2.74 bits per heavy atom. The summed E-state index contributed by atoms with van der Waals surface area (Å²) in [4.78, 5) is 21.7. The normalized spacial score (nSPS) is 21.2. The molecule has 4 heterocycles. The van der Waals surface area contributed by atoms with Crippen LogP contribution in [0.3, 0.4) is 0 Å². The van der Waals surface area contributed by atoms with E-state index in [-0.39, 0.29) is 21.8 Å². The lowest BCUT2D eigenvalue weighted by Gasteiger charge is -2.44. The van der Waals surface area contributed by atoms with Crippen molar-refractivity contribution in [2.45, 2.75) is 73.5 Å². The summed E-state index contributed by atoms with van der Waals surface area (Å²) in [5, 5.41) is 4.22. The first-order valence-corrected chi connectivity index (χ1v) is 14.2. The molecule has 1 saturated heterocycles. The Morgan fingerprint density at radius 1 is 1.23 bits per heavy atom. The van der Waals surface area contributed by atoms with Crippen molar-refractivity contribution in [2.75, 3.05) is 18.0 Å². The highest BCUT2D eigenvalue weighted by molar-refractivity contribution is 7.99. The summed E-state index contributed by atoms with van der Waals surface area (Å²) < 4.78 is 19.4. The lowest BCUT2D eigenvalue weighted by Crippen LogP contribution is -2.53. The van der Waals surface area contributed by atoms with Crippen LogP contribution in [0.25, 0.3) is 5.52 Å². The van der Waals surface area contributed by atoms with E-state index in [9.17, 15) is 9.35 Å². The van der Waals surface area contributed by atoms with E-state index in [1.165, 1.54) is 24.6 Å². The van der Waals surface area contributed by atoms with E-state index >= 15 is 0 Å². The predicted octanol–water partition coefficient (Wildman–Crippen LogP) is 3.77. The van der Waals surface area contributed by atoms with Crippen LogP contribution < -0.4 is 15.2 Å². The van der Waals surface area contributed by atoms with Crippen LogP contribution in [-0.4, -0.2) is 47.6 Å². The minimum atomic E-state index is -1.06. The first-order valence-electron chi connectivity index (χ1n) is 12.3. The van der Waals surface area contributed by atoms with Crippen molar-refractivity contribution in [2.24, 2.45) is 12.5 Å². The number of anilines is 1. The van der Waals surface area contributed by atoms with Crippen molar-refractivity contribution >= 4 is 34.6 Å². The first kappa shape index (κ1) is 24.7. The maximum atomic E-state index is 13.2. The fourth-order valence-corrected chi connectivity index (χ4v) is 7.22. The second-order valence-corrected chi connectivity index (χ2v) is 13.9. The van der Waals surface area contributed by atoms with Crippen molar-refractivity contribution < 1.29 is 4.55 Å². The number of pyridine rings is 1. The van der Waals surface area contributed by atoms with E-state index < -0.39 is 11.4 Å².